The summed E-state index contributed by atoms with van der Waals surface area (Å²) in [6, 6.07) is 0. The number of ether oxygens (including phenoxy) is 1. The smallest absolute Gasteiger partial charge is 0.337 e. The molecule has 41 heavy (non-hydrogen) atoms. The molecule has 0 bridgehead atoms. The topological polar surface area (TPSA) is 141 Å². The van der Waals surface area contributed by atoms with E-state index >= 15 is 0 Å². The maximum atomic E-state index is 13.9. The molecule has 1 aromatic rings. The van der Waals surface area contributed by atoms with Crippen molar-refractivity contribution in [3.05, 3.63) is 49.3 Å². The lowest BCUT2D eigenvalue weighted by atomic mass is 9.94. The summed E-state index contributed by atoms with van der Waals surface area (Å²) in [5.41, 5.74) is 4.34. The van der Waals surface area contributed by atoms with Gasteiger partial charge in [0.15, 0.2) is 29.2 Å². The summed E-state index contributed by atoms with van der Waals surface area (Å²) in [6.45, 7) is 25.4. The molecule has 1 aromatic heterocycles. The molecule has 0 aliphatic carbocycles. The monoisotopic (exact) mass is 629 g/mol. The molecule has 3 rings (SSSR count). The second-order valence-corrected chi connectivity index (χ2v) is 25.3. The van der Waals surface area contributed by atoms with E-state index in [9.17, 15) is 18.0 Å². The van der Waals surface area contributed by atoms with Gasteiger partial charge in [-0.1, -0.05) is 47.1 Å². The number of aromatic nitrogens is 2. The fourth-order valence-corrected chi connectivity index (χ4v) is 7.83. The van der Waals surface area contributed by atoms with Crippen LogP contribution < -0.4 is 17.0 Å². The molecule has 2 aliphatic heterocycles. The van der Waals surface area contributed by atoms with E-state index in [1.54, 1.807) is 20.8 Å². The van der Waals surface area contributed by atoms with Crippen LogP contribution in [0, 0.1) is 6.92 Å². The molecular weight excluding hydrogens is 583 g/mol. The standard InChI is InChI=1S/C27H47N3O8SSi2/c1-17(2)14-29-21(31)18(3)15-30(24(29)32)22-20(36-40(10,11)25(4,5)6)27(19(28)16-39(33,34)38-27)23(35-22)37-41(12,13)26(7,8)9/h14-16,20,22-23H,28H2,1-13H3/t20?,22-,23-,27?/m1/s1. The molecule has 2 N–H and O–H groups in total. The first-order valence-corrected chi connectivity index (χ1v) is 21.0. The number of nitrogens with two attached hydrogens (primary N) is 1. The molecule has 0 saturated carbocycles. The summed E-state index contributed by atoms with van der Waals surface area (Å²) in [5, 5.41) is 0.265. The molecule has 11 nitrogen and oxygen atoms in total. The molecule has 2 unspecified atom stereocenters. The predicted molar refractivity (Wildman–Crippen MR) is 165 cm³/mol. The molecule has 4 atom stereocenters. The van der Waals surface area contributed by atoms with Gasteiger partial charge >= 0.3 is 5.69 Å². The summed E-state index contributed by atoms with van der Waals surface area (Å²) >= 11 is 0. The second kappa shape index (κ2) is 10.4. The SMILES string of the molecule is CC(C)=Cn1c(=O)c(C)cn([C@@H]2O[C@H](O[Si](C)(C)C(C)(C)C)C3(OS(=O)(=O)C=C3N)C2O[Si](C)(C)C(C)(C)C)c1=O. The summed E-state index contributed by atoms with van der Waals surface area (Å²) in [7, 11) is -9.58. The highest BCUT2D eigenvalue weighted by Gasteiger charge is 2.69. The lowest BCUT2D eigenvalue weighted by Crippen LogP contribution is -2.60. The molecule has 1 fully saturated rings. The third-order valence-corrected chi connectivity index (χ3v) is 18.6. The average molecular weight is 630 g/mol. The summed E-state index contributed by atoms with van der Waals surface area (Å²) in [5.74, 6) is 0. The van der Waals surface area contributed by atoms with Crippen LogP contribution in [0.3, 0.4) is 0 Å². The van der Waals surface area contributed by atoms with Crippen molar-refractivity contribution in [2.75, 3.05) is 0 Å². The van der Waals surface area contributed by atoms with E-state index in [0.717, 1.165) is 15.5 Å². The van der Waals surface area contributed by atoms with E-state index < -0.39 is 62.2 Å². The highest BCUT2D eigenvalue weighted by atomic mass is 32.2. The van der Waals surface area contributed by atoms with Crippen LogP contribution in [0.5, 0.6) is 0 Å². The Hall–Kier alpha value is -1.82. The molecule has 2 aliphatic rings. The maximum Gasteiger partial charge on any atom is 0.337 e. The van der Waals surface area contributed by atoms with Crippen molar-refractivity contribution < 1.29 is 26.2 Å². The highest BCUT2D eigenvalue weighted by molar-refractivity contribution is 7.90. The minimum absolute atomic E-state index is 0.130. The first kappa shape index (κ1) is 33.7. The second-order valence-electron chi connectivity index (χ2n) is 14.4. The van der Waals surface area contributed by atoms with Gasteiger partial charge < -0.3 is 19.3 Å². The Kier molecular flexibility index (Phi) is 8.56. The largest absolute Gasteiger partial charge is 0.406 e. The summed E-state index contributed by atoms with van der Waals surface area (Å²) in [4.78, 5) is 26.8. The maximum absolute atomic E-state index is 13.9. The number of hydrogen-bond donors (Lipinski definition) is 1. The normalized spacial score (nSPS) is 26.9. The van der Waals surface area contributed by atoms with Gasteiger partial charge in [-0.3, -0.25) is 9.36 Å². The van der Waals surface area contributed by atoms with Crippen molar-refractivity contribution in [3.8, 4) is 0 Å². The zero-order chi connectivity index (χ0) is 31.7. The van der Waals surface area contributed by atoms with Gasteiger partial charge in [0.2, 0.25) is 5.60 Å². The number of nitrogens with zero attached hydrogens (tertiary/aromatic N) is 2. The zero-order valence-electron chi connectivity index (χ0n) is 26.6. The minimum atomic E-state index is -4.24. The van der Waals surface area contributed by atoms with Gasteiger partial charge in [-0.15, -0.1) is 0 Å². The third-order valence-electron chi connectivity index (χ3n) is 8.68. The first-order chi connectivity index (χ1) is 18.3. The number of hydrogen-bond acceptors (Lipinski definition) is 9. The Morgan fingerprint density at radius 1 is 1.02 bits per heavy atom. The molecule has 232 valence electrons. The van der Waals surface area contributed by atoms with Crippen molar-refractivity contribution in [3.63, 3.8) is 0 Å². The van der Waals surface area contributed by atoms with Crippen LogP contribution in [-0.4, -0.2) is 52.2 Å². The van der Waals surface area contributed by atoms with Gasteiger partial charge in [0.1, 0.15) is 6.10 Å². The van der Waals surface area contributed by atoms with Crippen LogP contribution >= 0.6 is 0 Å². The highest BCUT2D eigenvalue weighted by Crippen LogP contribution is 2.53. The average Bonchev–Trinajstić information content (AvgIpc) is 3.18. The molecule has 1 saturated heterocycles. The molecule has 0 amide bonds. The van der Waals surface area contributed by atoms with E-state index in [0.29, 0.717) is 0 Å². The molecule has 3 heterocycles. The Balaban J connectivity index is 2.40. The molecule has 14 heteroatoms. The Bertz CT molecular complexity index is 1490. The van der Waals surface area contributed by atoms with Gasteiger partial charge in [0, 0.05) is 18.0 Å². The fraction of sp³-hybridized carbons (Fsp3) is 0.704. The predicted octanol–water partition coefficient (Wildman–Crippen LogP) is 4.37. The van der Waals surface area contributed by atoms with Crippen LogP contribution in [0.2, 0.25) is 36.3 Å². The van der Waals surface area contributed by atoms with Crippen LogP contribution in [-0.2, 0) is 27.9 Å². The van der Waals surface area contributed by atoms with Crippen LogP contribution in [0.15, 0.2) is 32.5 Å². The molecule has 0 radical (unpaired) electrons. The van der Waals surface area contributed by atoms with Crippen LogP contribution in [0.4, 0.5) is 0 Å². The van der Waals surface area contributed by atoms with E-state index in [1.165, 1.54) is 17.0 Å². The quantitative estimate of drug-likeness (QED) is 0.359. The minimum Gasteiger partial charge on any atom is -0.406 e. The van der Waals surface area contributed by atoms with Crippen molar-refractivity contribution in [1.29, 1.82) is 0 Å². The molecule has 1 spiro atoms. The van der Waals surface area contributed by atoms with Gasteiger partial charge in [0.25, 0.3) is 15.7 Å². The van der Waals surface area contributed by atoms with Gasteiger partial charge in [-0.25, -0.2) is 13.5 Å². The van der Waals surface area contributed by atoms with Crippen molar-refractivity contribution in [2.24, 2.45) is 5.73 Å². The molecular formula is C27H47N3O8SSi2. The lowest BCUT2D eigenvalue weighted by molar-refractivity contribution is -0.147. The Labute approximate surface area is 245 Å². The van der Waals surface area contributed by atoms with Crippen molar-refractivity contribution in [1.82, 2.24) is 9.13 Å². The fourth-order valence-electron chi connectivity index (χ4n) is 4.23. The van der Waals surface area contributed by atoms with Gasteiger partial charge in [0.05, 0.1) is 11.1 Å². The zero-order valence-corrected chi connectivity index (χ0v) is 29.4. The lowest BCUT2D eigenvalue weighted by Gasteiger charge is -2.44. The van der Waals surface area contributed by atoms with E-state index in [4.69, 9.17) is 23.5 Å². The van der Waals surface area contributed by atoms with Crippen LogP contribution in [0.25, 0.3) is 6.20 Å². The number of rotatable bonds is 6. The summed E-state index contributed by atoms with van der Waals surface area (Å²) < 4.78 is 54.1. The number of allylic oxidation sites excluding steroid dienone is 1. The van der Waals surface area contributed by atoms with Crippen LogP contribution in [0.1, 0.15) is 67.2 Å². The van der Waals surface area contributed by atoms with E-state index in [1.807, 2.05) is 67.7 Å². The molecule has 0 aromatic carbocycles. The van der Waals surface area contributed by atoms with E-state index in [-0.39, 0.29) is 21.3 Å². The van der Waals surface area contributed by atoms with Crippen molar-refractivity contribution >= 4 is 33.0 Å². The third kappa shape index (κ3) is 6.01. The van der Waals surface area contributed by atoms with Gasteiger partial charge in [-0.2, -0.15) is 8.42 Å². The Morgan fingerprint density at radius 3 is 1.98 bits per heavy atom. The first-order valence-electron chi connectivity index (χ1n) is 13.7. The number of aryl methyl sites for hydroxylation is 1. The summed E-state index contributed by atoms with van der Waals surface area (Å²) in [6.07, 6.45) is -0.910. The van der Waals surface area contributed by atoms with Gasteiger partial charge in [-0.05, 0) is 57.0 Å². The Morgan fingerprint density at radius 2 is 1.54 bits per heavy atom. The van der Waals surface area contributed by atoms with E-state index in [2.05, 4.69) is 0 Å². The van der Waals surface area contributed by atoms with Crippen molar-refractivity contribution in [2.45, 2.75) is 123 Å².